The smallest absolute Gasteiger partial charge is 0.276 e. The number of likely N-dealkylation sites (tertiary alicyclic amines) is 1. The first-order valence-electron chi connectivity index (χ1n) is 15.5. The van der Waals surface area contributed by atoms with Crippen LogP contribution in [0.15, 0.2) is 24.5 Å². The molecule has 5 aliphatic rings. The van der Waals surface area contributed by atoms with Crippen molar-refractivity contribution in [1.29, 1.82) is 5.26 Å². The maximum atomic E-state index is 14.4. The maximum Gasteiger partial charge on any atom is 0.276 e. The van der Waals surface area contributed by atoms with E-state index in [4.69, 9.17) is 9.84 Å². The number of amides is 3. The van der Waals surface area contributed by atoms with Crippen molar-refractivity contribution in [2.45, 2.75) is 75.5 Å². The number of carbonyl (C=O) groups is 3. The summed E-state index contributed by atoms with van der Waals surface area (Å²) in [6.07, 6.45) is 6.40. The molecule has 3 aliphatic heterocycles. The van der Waals surface area contributed by atoms with Crippen molar-refractivity contribution in [2.75, 3.05) is 24.7 Å². The van der Waals surface area contributed by atoms with Crippen LogP contribution in [0.1, 0.15) is 83.8 Å². The molecule has 1 aromatic carbocycles. The third kappa shape index (κ3) is 4.08. The maximum absolute atomic E-state index is 14.4. The standard InChI is InChI=1S/C31H34N8O4/c1-2-37-29-24(23(16-6-7-16)26(30(37)41)35-28(40)20-4-3-5-21-25(20)34-15-33-21)27(36-39(29)18-8-10-43-11-9-18)31(42)38-19(14-32)12-17-13-22(17)38/h3-5,15-19,22-23,26H,2,6-13H2,1H3,(H,33,34)(H,35,40)/t17-,19-,22+,23-,26-/m0/s1. The van der Waals surface area contributed by atoms with Gasteiger partial charge < -0.3 is 19.9 Å². The number of hydrogen-bond acceptors (Lipinski definition) is 7. The molecule has 222 valence electrons. The Morgan fingerprint density at radius 2 is 1.98 bits per heavy atom. The molecule has 0 spiro atoms. The molecule has 12 heteroatoms. The highest BCUT2D eigenvalue weighted by Gasteiger charge is 2.57. The van der Waals surface area contributed by atoms with Gasteiger partial charge in [-0.15, -0.1) is 0 Å². The molecule has 8 rings (SSSR count). The number of aromatic nitrogens is 4. The molecule has 5 atom stereocenters. The molecule has 0 radical (unpaired) electrons. The van der Waals surface area contributed by atoms with Gasteiger partial charge in [-0.05, 0) is 69.4 Å². The van der Waals surface area contributed by atoms with Crippen LogP contribution in [0, 0.1) is 23.2 Å². The van der Waals surface area contributed by atoms with E-state index < -0.39 is 18.0 Å². The number of piperidine rings is 1. The van der Waals surface area contributed by atoms with Gasteiger partial charge in [0.15, 0.2) is 5.69 Å². The Kier molecular flexibility index (Phi) is 6.08. The zero-order valence-electron chi connectivity index (χ0n) is 24.0. The molecule has 3 aromatic rings. The second kappa shape index (κ2) is 9.91. The van der Waals surface area contributed by atoms with Crippen molar-refractivity contribution in [1.82, 2.24) is 30.0 Å². The largest absolute Gasteiger partial charge is 0.381 e. The number of nitrogens with one attached hydrogen (secondary N) is 2. The zero-order chi connectivity index (χ0) is 29.4. The number of para-hydroxylation sites is 1. The van der Waals surface area contributed by atoms with Gasteiger partial charge in [-0.2, -0.15) is 10.4 Å². The summed E-state index contributed by atoms with van der Waals surface area (Å²) in [4.78, 5) is 53.4. The van der Waals surface area contributed by atoms with Crippen molar-refractivity contribution in [3.8, 4) is 6.07 Å². The highest BCUT2D eigenvalue weighted by Crippen LogP contribution is 2.53. The van der Waals surface area contributed by atoms with Crippen LogP contribution >= 0.6 is 0 Å². The first-order chi connectivity index (χ1) is 21.0. The molecule has 43 heavy (non-hydrogen) atoms. The number of likely N-dealkylation sites (N-methyl/N-ethyl adjacent to an activating group) is 1. The summed E-state index contributed by atoms with van der Waals surface area (Å²) < 4.78 is 7.53. The molecule has 4 fully saturated rings. The molecule has 5 heterocycles. The number of anilines is 1. The number of imidazole rings is 1. The first kappa shape index (κ1) is 26.4. The summed E-state index contributed by atoms with van der Waals surface area (Å²) in [5, 5.41) is 18.0. The Morgan fingerprint density at radius 3 is 2.72 bits per heavy atom. The van der Waals surface area contributed by atoms with E-state index in [1.54, 1.807) is 28.3 Å². The first-order valence-corrected chi connectivity index (χ1v) is 15.5. The summed E-state index contributed by atoms with van der Waals surface area (Å²) in [6.45, 7) is 3.44. The van der Waals surface area contributed by atoms with Crippen LogP contribution in [0.4, 0.5) is 5.82 Å². The van der Waals surface area contributed by atoms with E-state index in [0.29, 0.717) is 54.7 Å². The van der Waals surface area contributed by atoms with Gasteiger partial charge in [-0.25, -0.2) is 9.67 Å². The van der Waals surface area contributed by atoms with Crippen LogP contribution in [0.25, 0.3) is 11.0 Å². The molecular weight excluding hydrogens is 548 g/mol. The molecule has 0 bridgehead atoms. The average molecular weight is 583 g/mol. The fourth-order valence-corrected chi connectivity index (χ4v) is 7.72. The molecule has 2 saturated heterocycles. The van der Waals surface area contributed by atoms with Crippen molar-refractivity contribution in [3.63, 3.8) is 0 Å². The SMILES string of the molecule is CCN1C(=O)[C@@H](NC(=O)c2cccc3[nH]cnc23)[C@@H](C2CC2)c2c(C(=O)N3[C@H](C#N)C[C@H]4C[C@H]43)nn(C3CCOCC3)c21. The predicted octanol–water partition coefficient (Wildman–Crippen LogP) is 2.90. The summed E-state index contributed by atoms with van der Waals surface area (Å²) in [5.41, 5.74) is 2.73. The molecule has 2 saturated carbocycles. The van der Waals surface area contributed by atoms with Crippen molar-refractivity contribution < 1.29 is 19.1 Å². The van der Waals surface area contributed by atoms with E-state index in [2.05, 4.69) is 21.4 Å². The Balaban J connectivity index is 1.25. The van der Waals surface area contributed by atoms with Crippen molar-refractivity contribution in [2.24, 2.45) is 11.8 Å². The molecular formula is C31H34N8O4. The van der Waals surface area contributed by atoms with Gasteiger partial charge in [-0.1, -0.05) is 6.07 Å². The summed E-state index contributed by atoms with van der Waals surface area (Å²) in [6, 6.07) is 6.39. The monoisotopic (exact) mass is 582 g/mol. The van der Waals surface area contributed by atoms with Gasteiger partial charge in [-0.3, -0.25) is 19.3 Å². The van der Waals surface area contributed by atoms with Gasteiger partial charge in [0, 0.05) is 37.3 Å². The van der Waals surface area contributed by atoms with E-state index in [1.807, 2.05) is 17.7 Å². The number of hydrogen-bond donors (Lipinski definition) is 2. The Hall–Kier alpha value is -4.24. The fourth-order valence-electron chi connectivity index (χ4n) is 7.72. The van der Waals surface area contributed by atoms with Gasteiger partial charge in [0.2, 0.25) is 0 Å². The Morgan fingerprint density at radius 1 is 1.16 bits per heavy atom. The number of H-pyrrole nitrogens is 1. The van der Waals surface area contributed by atoms with Crippen LogP contribution in [-0.2, 0) is 9.53 Å². The van der Waals surface area contributed by atoms with Gasteiger partial charge in [0.1, 0.15) is 23.4 Å². The lowest BCUT2D eigenvalue weighted by Gasteiger charge is -2.39. The average Bonchev–Trinajstić information content (AvgIpc) is 3.88. The number of aromatic amines is 1. The number of fused-ring (bicyclic) bond motifs is 3. The van der Waals surface area contributed by atoms with E-state index in [1.165, 1.54) is 0 Å². The quantitative estimate of drug-likeness (QED) is 0.454. The van der Waals surface area contributed by atoms with E-state index in [9.17, 15) is 19.6 Å². The highest BCUT2D eigenvalue weighted by molar-refractivity contribution is 6.09. The van der Waals surface area contributed by atoms with Crippen LogP contribution in [0.3, 0.4) is 0 Å². The number of rotatable bonds is 6. The number of nitriles is 1. The van der Waals surface area contributed by atoms with Gasteiger partial charge in [0.25, 0.3) is 17.7 Å². The van der Waals surface area contributed by atoms with Crippen molar-refractivity contribution in [3.05, 3.63) is 41.3 Å². The van der Waals surface area contributed by atoms with Crippen LogP contribution < -0.4 is 10.2 Å². The third-order valence-corrected chi connectivity index (χ3v) is 10.1. The van der Waals surface area contributed by atoms with E-state index >= 15 is 0 Å². The van der Waals surface area contributed by atoms with Crippen LogP contribution in [0.2, 0.25) is 0 Å². The normalized spacial score (nSPS) is 28.5. The fraction of sp³-hybridized carbons (Fsp3) is 0.548. The topological polar surface area (TPSA) is 149 Å². The second-order valence-corrected chi connectivity index (χ2v) is 12.5. The summed E-state index contributed by atoms with van der Waals surface area (Å²) >= 11 is 0. The number of carbonyl (C=O) groups excluding carboxylic acids is 3. The minimum absolute atomic E-state index is 0.0202. The number of benzene rings is 1. The number of nitrogens with zero attached hydrogens (tertiary/aromatic N) is 6. The van der Waals surface area contributed by atoms with Crippen molar-refractivity contribution >= 4 is 34.6 Å². The highest BCUT2D eigenvalue weighted by atomic mass is 16.5. The molecule has 2 aliphatic carbocycles. The summed E-state index contributed by atoms with van der Waals surface area (Å²) in [5.74, 6) is -0.0485. The minimum Gasteiger partial charge on any atom is -0.381 e. The predicted molar refractivity (Wildman–Crippen MR) is 154 cm³/mol. The summed E-state index contributed by atoms with van der Waals surface area (Å²) in [7, 11) is 0. The minimum atomic E-state index is -0.862. The lowest BCUT2D eigenvalue weighted by atomic mass is 9.82. The van der Waals surface area contributed by atoms with Crippen LogP contribution in [0.5, 0.6) is 0 Å². The zero-order valence-corrected chi connectivity index (χ0v) is 24.0. The molecule has 2 N–H and O–H groups in total. The molecule has 0 unspecified atom stereocenters. The van der Waals surface area contributed by atoms with Gasteiger partial charge >= 0.3 is 0 Å². The van der Waals surface area contributed by atoms with E-state index in [0.717, 1.165) is 43.2 Å². The van der Waals surface area contributed by atoms with Gasteiger partial charge in [0.05, 0.1) is 29.5 Å². The Labute approximate surface area is 248 Å². The lowest BCUT2D eigenvalue weighted by molar-refractivity contribution is -0.121. The lowest BCUT2D eigenvalue weighted by Crippen LogP contribution is -2.56. The van der Waals surface area contributed by atoms with Crippen LogP contribution in [-0.4, -0.2) is 80.3 Å². The van der Waals surface area contributed by atoms with E-state index in [-0.39, 0.29) is 35.7 Å². The molecule has 12 nitrogen and oxygen atoms in total. The Bertz CT molecular complexity index is 1680. The molecule has 3 amide bonds. The number of ether oxygens (including phenoxy) is 1. The third-order valence-electron chi connectivity index (χ3n) is 10.1. The molecule has 2 aromatic heterocycles. The second-order valence-electron chi connectivity index (χ2n) is 12.5.